The summed E-state index contributed by atoms with van der Waals surface area (Å²) in [5.41, 5.74) is 0.866. The number of nitrogens with one attached hydrogen (secondary N) is 1. The van der Waals surface area contributed by atoms with Gasteiger partial charge in [-0.05, 0) is 24.3 Å². The van der Waals surface area contributed by atoms with Gasteiger partial charge in [0.25, 0.3) is 0 Å². The van der Waals surface area contributed by atoms with Crippen LogP contribution in [-0.2, 0) is 9.59 Å². The monoisotopic (exact) mass is 272 g/mol. The van der Waals surface area contributed by atoms with E-state index in [2.05, 4.69) is 12.2 Å². The Morgan fingerprint density at radius 3 is 2.50 bits per heavy atom. The molecule has 1 aliphatic heterocycles. The Labute approximate surface area is 119 Å². The van der Waals surface area contributed by atoms with Gasteiger partial charge in [-0.15, -0.1) is 0 Å². The summed E-state index contributed by atoms with van der Waals surface area (Å²) in [5.74, 6) is 0.691. The van der Waals surface area contributed by atoms with Crippen molar-refractivity contribution in [3.05, 3.63) is 35.9 Å². The molecule has 1 unspecified atom stereocenters. The molecule has 1 heterocycles. The first-order valence-electron chi connectivity index (χ1n) is 7.30. The molecule has 20 heavy (non-hydrogen) atoms. The Hall–Kier alpha value is -1.84. The minimum atomic E-state index is -0.526. The number of rotatable bonds is 2. The number of hydrogen-bond donors (Lipinski definition) is 1. The van der Waals surface area contributed by atoms with Crippen LogP contribution in [0.15, 0.2) is 30.3 Å². The topological polar surface area (TPSA) is 49.4 Å². The van der Waals surface area contributed by atoms with E-state index >= 15 is 0 Å². The molecular weight excluding hydrogens is 252 g/mol. The van der Waals surface area contributed by atoms with Crippen LogP contribution >= 0.6 is 0 Å². The largest absolute Gasteiger partial charge is 0.340 e. The van der Waals surface area contributed by atoms with Crippen LogP contribution in [-0.4, -0.2) is 29.3 Å². The van der Waals surface area contributed by atoms with E-state index in [0.717, 1.165) is 18.4 Å². The van der Waals surface area contributed by atoms with Crippen LogP contribution < -0.4 is 5.32 Å². The predicted octanol–water partition coefficient (Wildman–Crippen LogP) is 1.87. The Bertz CT molecular complexity index is 508. The maximum absolute atomic E-state index is 12.7. The van der Waals surface area contributed by atoms with Crippen LogP contribution in [0.5, 0.6) is 0 Å². The molecule has 1 N–H and O–H groups in total. The highest BCUT2D eigenvalue weighted by atomic mass is 16.2. The molecule has 2 amide bonds. The highest BCUT2D eigenvalue weighted by molar-refractivity contribution is 5.91. The summed E-state index contributed by atoms with van der Waals surface area (Å²) in [4.78, 5) is 26.5. The molecule has 0 bridgehead atoms. The van der Waals surface area contributed by atoms with Crippen molar-refractivity contribution in [1.82, 2.24) is 10.2 Å². The van der Waals surface area contributed by atoms with Crippen molar-refractivity contribution in [2.45, 2.75) is 38.3 Å². The van der Waals surface area contributed by atoms with Gasteiger partial charge < -0.3 is 10.2 Å². The Morgan fingerprint density at radius 1 is 1.15 bits per heavy atom. The fraction of sp³-hybridized carbons (Fsp3) is 0.500. The summed E-state index contributed by atoms with van der Waals surface area (Å²) < 4.78 is 0. The van der Waals surface area contributed by atoms with Crippen LogP contribution in [0.3, 0.4) is 0 Å². The molecule has 1 saturated heterocycles. The second-order valence-corrected chi connectivity index (χ2v) is 5.92. The summed E-state index contributed by atoms with van der Waals surface area (Å²) in [6.45, 7) is 2.75. The molecule has 1 aromatic rings. The smallest absolute Gasteiger partial charge is 0.250 e. The lowest BCUT2D eigenvalue weighted by Crippen LogP contribution is -2.49. The molecule has 2 fully saturated rings. The molecule has 0 aromatic heterocycles. The average Bonchev–Trinajstić information content (AvgIpc) is 2.57. The number of hydrogen-bond acceptors (Lipinski definition) is 2. The average molecular weight is 272 g/mol. The van der Waals surface area contributed by atoms with Crippen LogP contribution in [0.2, 0.25) is 0 Å². The zero-order valence-electron chi connectivity index (χ0n) is 11.7. The Balaban J connectivity index is 1.84. The molecule has 1 atom stereocenters. The van der Waals surface area contributed by atoms with E-state index in [9.17, 15) is 9.59 Å². The lowest BCUT2D eigenvalue weighted by atomic mass is 9.80. The van der Waals surface area contributed by atoms with Crippen LogP contribution in [0.1, 0.15) is 37.8 Å². The Morgan fingerprint density at radius 2 is 1.85 bits per heavy atom. The van der Waals surface area contributed by atoms with E-state index in [1.807, 2.05) is 35.2 Å². The summed E-state index contributed by atoms with van der Waals surface area (Å²) in [6, 6.07) is 9.30. The highest BCUT2D eigenvalue weighted by Crippen LogP contribution is 2.33. The van der Waals surface area contributed by atoms with Gasteiger partial charge in [0.1, 0.15) is 6.04 Å². The molecule has 4 heteroatoms. The van der Waals surface area contributed by atoms with Crippen LogP contribution in [0, 0.1) is 5.92 Å². The molecule has 2 aliphatic rings. The molecular formula is C16H20N2O2. The fourth-order valence-electron chi connectivity index (χ4n) is 3.14. The van der Waals surface area contributed by atoms with E-state index in [1.165, 1.54) is 0 Å². The first-order chi connectivity index (χ1) is 9.65. The minimum absolute atomic E-state index is 0.0397. The zero-order chi connectivity index (χ0) is 14.1. The Kier molecular flexibility index (Phi) is 3.47. The van der Waals surface area contributed by atoms with Crippen molar-refractivity contribution >= 4 is 11.8 Å². The quantitative estimate of drug-likeness (QED) is 0.893. The van der Waals surface area contributed by atoms with E-state index in [4.69, 9.17) is 0 Å². The van der Waals surface area contributed by atoms with Gasteiger partial charge >= 0.3 is 0 Å². The van der Waals surface area contributed by atoms with Crippen molar-refractivity contribution in [3.63, 3.8) is 0 Å². The summed E-state index contributed by atoms with van der Waals surface area (Å²) in [7, 11) is 0. The molecule has 1 aliphatic carbocycles. The van der Waals surface area contributed by atoms with Gasteiger partial charge in [0.15, 0.2) is 0 Å². The van der Waals surface area contributed by atoms with E-state index in [0.29, 0.717) is 24.9 Å². The van der Waals surface area contributed by atoms with Gasteiger partial charge in [-0.2, -0.15) is 0 Å². The van der Waals surface area contributed by atoms with Gasteiger partial charge in [-0.3, -0.25) is 9.59 Å². The van der Waals surface area contributed by atoms with E-state index in [1.54, 1.807) is 0 Å². The lowest BCUT2D eigenvalue weighted by molar-refractivity contribution is -0.138. The number of carbonyl (C=O) groups is 2. The maximum atomic E-state index is 12.7. The van der Waals surface area contributed by atoms with Crippen molar-refractivity contribution in [2.24, 2.45) is 5.92 Å². The van der Waals surface area contributed by atoms with E-state index in [-0.39, 0.29) is 11.8 Å². The fourth-order valence-corrected chi connectivity index (χ4v) is 3.14. The molecule has 106 valence electrons. The third-order valence-corrected chi connectivity index (χ3v) is 4.34. The normalized spacial score (nSPS) is 30.4. The van der Waals surface area contributed by atoms with Crippen molar-refractivity contribution in [2.75, 3.05) is 6.54 Å². The first-order valence-corrected chi connectivity index (χ1v) is 7.30. The third kappa shape index (κ3) is 2.42. The molecule has 1 saturated carbocycles. The molecule has 0 spiro atoms. The van der Waals surface area contributed by atoms with Crippen molar-refractivity contribution in [1.29, 1.82) is 0 Å². The highest BCUT2D eigenvalue weighted by Gasteiger charge is 2.38. The number of carbonyl (C=O) groups excluding carboxylic acids is 2. The van der Waals surface area contributed by atoms with Crippen LogP contribution in [0.25, 0.3) is 0 Å². The molecule has 4 nitrogen and oxygen atoms in total. The van der Waals surface area contributed by atoms with Gasteiger partial charge in [0.2, 0.25) is 11.8 Å². The van der Waals surface area contributed by atoms with Gasteiger partial charge in [0.05, 0.1) is 0 Å². The molecule has 3 rings (SSSR count). The molecule has 0 radical (unpaired) electrons. The zero-order valence-corrected chi connectivity index (χ0v) is 11.7. The first kappa shape index (κ1) is 13.2. The number of nitrogens with zero attached hydrogens (tertiary/aromatic N) is 1. The van der Waals surface area contributed by atoms with Gasteiger partial charge in [0, 0.05) is 19.0 Å². The van der Waals surface area contributed by atoms with Crippen LogP contribution in [0.4, 0.5) is 0 Å². The standard InChI is InChI=1S/C16H20N2O2/c1-11-9-13(10-11)18-8-7-14(19)17-15(16(18)20)12-5-3-2-4-6-12/h2-6,11,13,15H,7-10H2,1H3,(H,17,19). The SMILES string of the molecule is CC1CC(N2CCC(=O)NC(c3ccccc3)C2=O)C1. The summed E-state index contributed by atoms with van der Waals surface area (Å²) in [5, 5.41) is 2.86. The predicted molar refractivity (Wildman–Crippen MR) is 75.8 cm³/mol. The lowest BCUT2D eigenvalue weighted by Gasteiger charge is -2.41. The molecule has 1 aromatic carbocycles. The minimum Gasteiger partial charge on any atom is -0.340 e. The van der Waals surface area contributed by atoms with Gasteiger partial charge in [-0.1, -0.05) is 37.3 Å². The van der Waals surface area contributed by atoms with Gasteiger partial charge in [-0.25, -0.2) is 0 Å². The van der Waals surface area contributed by atoms with E-state index < -0.39 is 6.04 Å². The maximum Gasteiger partial charge on any atom is 0.250 e. The second-order valence-electron chi connectivity index (χ2n) is 5.92. The summed E-state index contributed by atoms with van der Waals surface area (Å²) in [6.07, 6.45) is 2.52. The van der Waals surface area contributed by atoms with Crippen molar-refractivity contribution in [3.8, 4) is 0 Å². The summed E-state index contributed by atoms with van der Waals surface area (Å²) >= 11 is 0. The number of benzene rings is 1. The third-order valence-electron chi connectivity index (χ3n) is 4.34. The number of amides is 2. The van der Waals surface area contributed by atoms with Crippen molar-refractivity contribution < 1.29 is 9.59 Å². The second kappa shape index (κ2) is 5.27.